The van der Waals surface area contributed by atoms with Gasteiger partial charge in [0.05, 0.1) is 25.4 Å². The molecule has 0 amide bonds. The summed E-state index contributed by atoms with van der Waals surface area (Å²) < 4.78 is 0. The van der Waals surface area contributed by atoms with Crippen molar-refractivity contribution in [3.63, 3.8) is 0 Å². The van der Waals surface area contributed by atoms with Gasteiger partial charge in [-0.25, -0.2) is 0 Å². The van der Waals surface area contributed by atoms with Crippen LogP contribution in [0.2, 0.25) is 0 Å². The van der Waals surface area contributed by atoms with Crippen molar-refractivity contribution in [2.45, 2.75) is 48.8 Å². The molecule has 0 fully saturated rings. The second kappa shape index (κ2) is 70.9. The summed E-state index contributed by atoms with van der Waals surface area (Å²) in [5.74, 6) is -4.25. The van der Waals surface area contributed by atoms with E-state index >= 15 is 0 Å². The van der Waals surface area contributed by atoms with Crippen molar-refractivity contribution in [2.75, 3.05) is 13.2 Å². The third kappa shape index (κ3) is 54.4. The maximum Gasteiger partial charge on any atom is 1.00 e. The number of aliphatic hydroxyl groups excluding tert-OH is 6. The van der Waals surface area contributed by atoms with E-state index in [1.807, 2.05) is 0 Å². The number of hydrogen-bond acceptors (Lipinski definition) is 15. The van der Waals surface area contributed by atoms with Crippen LogP contribution in [-0.4, -0.2) is 219 Å². The largest absolute Gasteiger partial charge is 1.00 e. The Morgan fingerprint density at radius 1 is 0.488 bits per heavy atom. The van der Waals surface area contributed by atoms with Gasteiger partial charge in [0.2, 0.25) is 0 Å². The van der Waals surface area contributed by atoms with Gasteiger partial charge >= 0.3 is 88.7 Å². The van der Waals surface area contributed by atoms with Crippen LogP contribution in [0.4, 0.5) is 0 Å². The van der Waals surface area contributed by atoms with Crippen LogP contribution in [0, 0.1) is 0 Å². The van der Waals surface area contributed by atoms with Gasteiger partial charge < -0.3 is 137 Å². The molecule has 29 N–H and O–H groups in total. The van der Waals surface area contributed by atoms with Gasteiger partial charge in [0, 0.05) is 73.0 Å². The Bertz CT molecular complexity index is 414. The predicted molar refractivity (Wildman–Crippen MR) is 117 cm³/mol. The van der Waals surface area contributed by atoms with Crippen LogP contribution >= 0.6 is 0 Å². The Kier molecular flexibility index (Phi) is 211. The van der Waals surface area contributed by atoms with Crippen LogP contribution in [0.15, 0.2) is 0 Å². The van der Waals surface area contributed by atoms with Crippen molar-refractivity contribution in [2.24, 2.45) is 0 Å². The number of hydrogen-bond donors (Lipinski definition) is 6. The molecule has 26 nitrogen and oxygen atoms in total. The standard InChI is InChI=1S/2C6H10O7.3Na.12H2O.2Sb/c2*7-1-2(8)3(9)4(10)5(11)6(12)13;;;;;;;;;;;;;;;;;/h2*2-5,7-8,10H,1H2,(H,12,13);;;;12*1H2;;/q2*-2;3*+1;;;;;;;;;;;;;;/p-3/t2*2-,3-,4+,5-;;;;;;;;;;;;;;;;;/m11................./s1. The van der Waals surface area contributed by atoms with Gasteiger partial charge in [-0.3, -0.25) is 0 Å². The zero-order valence-corrected chi connectivity index (χ0v) is 33.9. The maximum atomic E-state index is 10.8. The minimum Gasteiger partial charge on any atom is -0.870 e. The topological polar surface area (TPSA) is 670 Å². The Morgan fingerprint density at radius 2 is 0.628 bits per heavy atom. The number of rotatable bonds is 10. The van der Waals surface area contributed by atoms with Crippen LogP contribution in [0.5, 0.6) is 0 Å². The van der Waals surface area contributed by atoms with E-state index in [1.54, 1.807) is 0 Å². The first-order valence-electron chi connectivity index (χ1n) is 6.82. The molecule has 31 heteroatoms. The normalized spacial score (nSPS) is 12.3. The summed E-state index contributed by atoms with van der Waals surface area (Å²) in [6.45, 7) is -1.91. The van der Waals surface area contributed by atoms with E-state index in [1.165, 1.54) is 0 Å². The SMILES string of the molecule is O.O.O.O.O.O.O.O.O.O.O.O=C([O-])[C@H]([O-])[C@@H](O)[C@H]([O-])[C@H](O)CO.O=C([O-])[C@H]([O-])[C@@H](O)[C@H]([O-])[C@H](O)CO.[Na+].[Na+].[Na+].[OH-].[Sb].[Sb]. The second-order valence-electron chi connectivity index (χ2n) is 4.89. The molecular formula is C12H41Na3O26Sb2-4. The molecule has 0 aromatic carbocycles. The van der Waals surface area contributed by atoms with Crippen molar-refractivity contribution in [1.82, 2.24) is 0 Å². The zero-order chi connectivity index (χ0) is 21.2. The first-order valence-corrected chi connectivity index (χ1v) is 6.82. The molecule has 0 spiro atoms. The molecule has 0 bridgehead atoms. The number of carboxylic acids is 2. The molecular weight excluding hydrogens is 873 g/mol. The molecule has 43 heavy (non-hydrogen) atoms. The molecule has 0 aliphatic carbocycles. The Balaban J connectivity index is -0.0000000113. The van der Waals surface area contributed by atoms with Gasteiger partial charge in [-0.2, -0.15) is 0 Å². The zero-order valence-electron chi connectivity index (χ0n) is 22.8. The fourth-order valence-corrected chi connectivity index (χ4v) is 1.29. The third-order valence-corrected chi connectivity index (χ3v) is 2.89. The first-order chi connectivity index (χ1) is 11.8. The van der Waals surface area contributed by atoms with Crippen molar-refractivity contribution in [1.29, 1.82) is 0 Å². The maximum absolute atomic E-state index is 10.8. The number of carbonyl (C=O) groups excluding carboxylic acids is 2. The van der Waals surface area contributed by atoms with Crippen LogP contribution in [0.1, 0.15) is 0 Å². The summed E-state index contributed by atoms with van der Waals surface area (Å²) in [4.78, 5) is 19.8. The minimum absolute atomic E-state index is 0. The molecule has 6 radical (unpaired) electrons. The molecule has 8 atom stereocenters. The van der Waals surface area contributed by atoms with E-state index in [9.17, 15) is 40.2 Å². The monoisotopic (exact) mass is 912 g/mol. The molecule has 0 aromatic rings. The smallest absolute Gasteiger partial charge is 0.870 e. The van der Waals surface area contributed by atoms with E-state index in [-0.39, 0.29) is 203 Å². The summed E-state index contributed by atoms with van der Waals surface area (Å²) in [6.07, 6.45) is -18.2. The van der Waals surface area contributed by atoms with Crippen molar-refractivity contribution >= 4 is 60.8 Å². The number of aliphatic hydroxyl groups is 6. The quantitative estimate of drug-likeness (QED) is 0.111. The summed E-state index contributed by atoms with van der Waals surface area (Å²) in [6, 6.07) is 0. The van der Waals surface area contributed by atoms with Gasteiger partial charge in [0.25, 0.3) is 0 Å². The first kappa shape index (κ1) is 128. The minimum atomic E-state index is -2.62. The molecule has 0 aromatic heterocycles. The fraction of sp³-hybridized carbons (Fsp3) is 0.833. The molecule has 0 rings (SSSR count). The average molecular weight is 914 g/mol. The Labute approximate surface area is 344 Å². The van der Waals surface area contributed by atoms with Crippen LogP contribution in [0.25, 0.3) is 0 Å². The van der Waals surface area contributed by atoms with Crippen LogP contribution < -0.4 is 119 Å². The molecule has 0 saturated heterocycles. The predicted octanol–water partition coefficient (Wildman–Crippen LogP) is -31.2. The molecule has 0 aliphatic rings. The molecule has 0 saturated carbocycles. The molecule has 262 valence electrons. The van der Waals surface area contributed by atoms with E-state index < -0.39 is 74.0 Å². The number of aliphatic carboxylic acids is 2. The van der Waals surface area contributed by atoms with E-state index in [2.05, 4.69) is 0 Å². The molecule has 0 aliphatic heterocycles. The fourth-order valence-electron chi connectivity index (χ4n) is 1.29. The van der Waals surface area contributed by atoms with Crippen molar-refractivity contribution in [3.8, 4) is 0 Å². The van der Waals surface area contributed by atoms with Crippen LogP contribution in [-0.2, 0) is 9.59 Å². The molecule has 0 heterocycles. The second-order valence-corrected chi connectivity index (χ2v) is 4.89. The number of carboxylic acid groups (broad SMARTS) is 2. The van der Waals surface area contributed by atoms with Crippen LogP contribution in [0.3, 0.4) is 0 Å². The molecule has 0 unspecified atom stereocenters. The van der Waals surface area contributed by atoms with Gasteiger partial charge in [-0.15, -0.1) is 0 Å². The average Bonchev–Trinajstić information content (AvgIpc) is 2.62. The summed E-state index contributed by atoms with van der Waals surface area (Å²) >= 11 is 0. The third-order valence-electron chi connectivity index (χ3n) is 2.89. The summed E-state index contributed by atoms with van der Waals surface area (Å²) in [5.41, 5.74) is 0. The van der Waals surface area contributed by atoms with Gasteiger partial charge in [-0.1, -0.05) is 24.4 Å². The summed E-state index contributed by atoms with van der Waals surface area (Å²) in [7, 11) is 0. The Hall–Kier alpha value is 2.70. The van der Waals surface area contributed by atoms with E-state index in [0.29, 0.717) is 0 Å². The van der Waals surface area contributed by atoms with Gasteiger partial charge in [0.15, 0.2) is 0 Å². The van der Waals surface area contributed by atoms with E-state index in [4.69, 9.17) is 30.6 Å². The number of carbonyl (C=O) groups is 2. The Morgan fingerprint density at radius 3 is 0.721 bits per heavy atom. The van der Waals surface area contributed by atoms with Gasteiger partial charge in [0.1, 0.15) is 0 Å². The van der Waals surface area contributed by atoms with Crippen molar-refractivity contribution < 1.29 is 225 Å². The van der Waals surface area contributed by atoms with Gasteiger partial charge in [-0.05, 0) is 0 Å². The van der Waals surface area contributed by atoms with Crippen molar-refractivity contribution in [3.05, 3.63) is 0 Å². The summed E-state index contributed by atoms with van der Waals surface area (Å²) in [5, 5.41) is 114. The van der Waals surface area contributed by atoms with E-state index in [0.717, 1.165) is 0 Å².